The molecular weight excluding hydrogens is 206 g/mol. The summed E-state index contributed by atoms with van der Waals surface area (Å²) in [7, 11) is -1.65. The van der Waals surface area contributed by atoms with Gasteiger partial charge in [0.1, 0.15) is 4.90 Å². The van der Waals surface area contributed by atoms with Crippen molar-refractivity contribution in [2.24, 2.45) is 0 Å². The second-order valence-electron chi connectivity index (χ2n) is 2.76. The predicted octanol–water partition coefficient (Wildman–Crippen LogP) is 1.74. The fourth-order valence-corrected chi connectivity index (χ4v) is 4.25. The van der Waals surface area contributed by atoms with Gasteiger partial charge in [0, 0.05) is 7.05 Å². The molecule has 0 unspecified atom stereocenters. The van der Waals surface area contributed by atoms with Gasteiger partial charge in [-0.05, 0) is 18.4 Å². The Morgan fingerprint density at radius 3 is 2.85 bits per heavy atom. The molecule has 0 aromatic carbocycles. The summed E-state index contributed by atoms with van der Waals surface area (Å²) in [5.74, 6) is 0. The van der Waals surface area contributed by atoms with Crippen molar-refractivity contribution in [3.8, 4) is 0 Å². The van der Waals surface area contributed by atoms with Crippen LogP contribution in [0.4, 0.5) is 0 Å². The van der Waals surface area contributed by atoms with Gasteiger partial charge in [-0.15, -0.1) is 11.3 Å². The van der Waals surface area contributed by atoms with E-state index in [-0.39, 0.29) is 0 Å². The summed E-state index contributed by atoms with van der Waals surface area (Å²) in [6.45, 7) is 1.84. The van der Waals surface area contributed by atoms with Gasteiger partial charge >= 0.3 is 0 Å². The Hall–Kier alpha value is -0.810. The van der Waals surface area contributed by atoms with Crippen molar-refractivity contribution in [1.29, 1.82) is 0 Å². The van der Waals surface area contributed by atoms with Gasteiger partial charge in [0.2, 0.25) is 0 Å². The molecule has 0 atom stereocenters. The summed E-state index contributed by atoms with van der Waals surface area (Å²) in [6.07, 6.45) is 1.82. The number of hydrogen-bond acceptors (Lipinski definition) is 3. The topological polar surface area (TPSA) is 37.4 Å². The minimum absolute atomic E-state index is 0.438. The lowest BCUT2D eigenvalue weighted by Gasteiger charge is -2.11. The molecule has 3 nitrogen and oxygen atoms in total. The lowest BCUT2D eigenvalue weighted by molar-refractivity contribution is 0.554. The summed E-state index contributed by atoms with van der Waals surface area (Å²) < 4.78 is 24.7. The van der Waals surface area contributed by atoms with Gasteiger partial charge in [-0.2, -0.15) is 0 Å². The Morgan fingerprint density at radius 1 is 1.54 bits per heavy atom. The molecule has 70 valence electrons. The van der Waals surface area contributed by atoms with Crippen molar-refractivity contribution in [2.75, 3.05) is 7.05 Å². The van der Waals surface area contributed by atoms with Gasteiger partial charge in [0.25, 0.3) is 10.0 Å². The Bertz CT molecular complexity index is 470. The molecule has 0 bridgehead atoms. The summed E-state index contributed by atoms with van der Waals surface area (Å²) in [5, 5.41) is 1.80. The second kappa shape index (κ2) is 2.59. The molecule has 0 saturated carbocycles. The Morgan fingerprint density at radius 2 is 2.23 bits per heavy atom. The van der Waals surface area contributed by atoms with Crippen LogP contribution in [-0.4, -0.2) is 19.8 Å². The summed E-state index contributed by atoms with van der Waals surface area (Å²) in [5.41, 5.74) is 0.782. The van der Waals surface area contributed by atoms with E-state index in [1.165, 1.54) is 15.6 Å². The van der Waals surface area contributed by atoms with Gasteiger partial charge < -0.3 is 0 Å². The van der Waals surface area contributed by atoms with E-state index in [1.54, 1.807) is 18.5 Å². The second-order valence-corrected chi connectivity index (χ2v) is 5.61. The first-order chi connectivity index (χ1) is 6.09. The van der Waals surface area contributed by atoms with Gasteiger partial charge in [0.15, 0.2) is 0 Å². The van der Waals surface area contributed by atoms with Gasteiger partial charge in [-0.3, -0.25) is 4.31 Å². The van der Waals surface area contributed by atoms with Crippen molar-refractivity contribution in [3.63, 3.8) is 0 Å². The fraction of sp³-hybridized carbons (Fsp3) is 0.250. The van der Waals surface area contributed by atoms with E-state index in [1.807, 2.05) is 13.0 Å². The van der Waals surface area contributed by atoms with Gasteiger partial charge in [-0.1, -0.05) is 6.08 Å². The third-order valence-corrected chi connectivity index (χ3v) is 4.99. The van der Waals surface area contributed by atoms with Crippen LogP contribution in [0, 0.1) is 0 Å². The monoisotopic (exact) mass is 215 g/mol. The zero-order valence-corrected chi connectivity index (χ0v) is 8.95. The number of allylic oxidation sites excluding steroid dienone is 1. The average molecular weight is 215 g/mol. The van der Waals surface area contributed by atoms with E-state index in [0.29, 0.717) is 4.90 Å². The molecule has 13 heavy (non-hydrogen) atoms. The number of rotatable bonds is 0. The molecule has 2 rings (SSSR count). The minimum Gasteiger partial charge on any atom is -0.268 e. The minimum atomic E-state index is -3.23. The normalized spacial score (nSPS) is 22.3. The Kier molecular flexibility index (Phi) is 1.75. The molecule has 0 N–H and O–H groups in total. The fourth-order valence-electron chi connectivity index (χ4n) is 1.42. The predicted molar refractivity (Wildman–Crippen MR) is 52.9 cm³/mol. The van der Waals surface area contributed by atoms with Crippen LogP contribution < -0.4 is 0 Å². The van der Waals surface area contributed by atoms with E-state index < -0.39 is 10.0 Å². The lowest BCUT2D eigenvalue weighted by Crippen LogP contribution is -2.17. The highest BCUT2D eigenvalue weighted by Crippen LogP contribution is 2.40. The van der Waals surface area contributed by atoms with Gasteiger partial charge in [-0.25, -0.2) is 8.42 Å². The van der Waals surface area contributed by atoms with E-state index >= 15 is 0 Å². The van der Waals surface area contributed by atoms with Crippen molar-refractivity contribution in [1.82, 2.24) is 4.31 Å². The van der Waals surface area contributed by atoms with Crippen LogP contribution in [0.1, 0.15) is 11.8 Å². The van der Waals surface area contributed by atoms with Crippen LogP contribution in [0.3, 0.4) is 0 Å². The first-order valence-electron chi connectivity index (χ1n) is 3.82. The SMILES string of the molecule is C/C=C1\c2sccc2S(=O)(=O)N1C. The molecule has 0 spiro atoms. The quantitative estimate of drug-likeness (QED) is 0.661. The third kappa shape index (κ3) is 0.971. The maximum atomic E-state index is 11.7. The Labute approximate surface area is 81.4 Å². The summed E-state index contributed by atoms with van der Waals surface area (Å²) >= 11 is 1.46. The molecule has 0 saturated heterocycles. The van der Waals surface area contributed by atoms with Crippen LogP contribution in [0.2, 0.25) is 0 Å². The van der Waals surface area contributed by atoms with Crippen LogP contribution in [0.15, 0.2) is 22.4 Å². The number of nitrogens with zero attached hydrogens (tertiary/aromatic N) is 1. The third-order valence-electron chi connectivity index (χ3n) is 2.11. The van der Waals surface area contributed by atoms with Gasteiger partial charge in [0.05, 0.1) is 10.6 Å². The molecule has 0 radical (unpaired) electrons. The molecule has 0 fully saturated rings. The zero-order valence-electron chi connectivity index (χ0n) is 7.31. The highest BCUT2D eigenvalue weighted by Gasteiger charge is 2.35. The van der Waals surface area contributed by atoms with Crippen molar-refractivity contribution >= 4 is 27.1 Å². The molecule has 5 heteroatoms. The molecule has 0 amide bonds. The molecule has 1 aliphatic heterocycles. The van der Waals surface area contributed by atoms with Crippen LogP contribution in [0.25, 0.3) is 5.70 Å². The maximum Gasteiger partial charge on any atom is 0.265 e. The largest absolute Gasteiger partial charge is 0.268 e. The summed E-state index contributed by atoms with van der Waals surface area (Å²) in [6, 6.07) is 1.66. The number of hydrogen-bond donors (Lipinski definition) is 0. The van der Waals surface area contributed by atoms with E-state index in [0.717, 1.165) is 10.6 Å². The van der Waals surface area contributed by atoms with Crippen molar-refractivity contribution in [3.05, 3.63) is 22.4 Å². The number of thiophene rings is 1. The van der Waals surface area contributed by atoms with E-state index in [4.69, 9.17) is 0 Å². The highest BCUT2D eigenvalue weighted by atomic mass is 32.2. The van der Waals surface area contributed by atoms with Crippen LogP contribution in [-0.2, 0) is 10.0 Å². The van der Waals surface area contributed by atoms with E-state index in [2.05, 4.69) is 0 Å². The van der Waals surface area contributed by atoms with Crippen LogP contribution in [0.5, 0.6) is 0 Å². The summed E-state index contributed by atoms with van der Waals surface area (Å²) in [4.78, 5) is 1.29. The smallest absolute Gasteiger partial charge is 0.265 e. The standard InChI is InChI=1S/C8H9NO2S2/c1-3-6-8-7(4-5-12-8)13(10,11)9(6)2/h3-5H,1-2H3/b6-3+. The number of sulfonamides is 1. The molecule has 2 heterocycles. The number of fused-ring (bicyclic) bond motifs is 1. The molecule has 1 aromatic rings. The highest BCUT2D eigenvalue weighted by molar-refractivity contribution is 7.90. The maximum absolute atomic E-state index is 11.7. The first kappa shape index (κ1) is 8.77. The van der Waals surface area contributed by atoms with Crippen molar-refractivity contribution < 1.29 is 8.42 Å². The molecular formula is C8H9NO2S2. The van der Waals surface area contributed by atoms with Crippen molar-refractivity contribution in [2.45, 2.75) is 11.8 Å². The average Bonchev–Trinajstić information content (AvgIpc) is 2.59. The first-order valence-corrected chi connectivity index (χ1v) is 6.14. The zero-order chi connectivity index (χ0) is 9.64. The molecule has 1 aromatic heterocycles. The molecule has 0 aliphatic carbocycles. The molecule has 1 aliphatic rings. The Balaban J connectivity index is 2.80. The van der Waals surface area contributed by atoms with E-state index in [9.17, 15) is 8.42 Å². The van der Waals surface area contributed by atoms with Crippen LogP contribution >= 0.6 is 11.3 Å². The lowest BCUT2D eigenvalue weighted by atomic mass is 10.3.